The molecule has 0 saturated carbocycles. The van der Waals surface area contributed by atoms with Gasteiger partial charge in [0.2, 0.25) is 0 Å². The fourth-order valence-corrected chi connectivity index (χ4v) is 5.08. The molecule has 1 aromatic carbocycles. The number of anilines is 3. The van der Waals surface area contributed by atoms with Crippen molar-refractivity contribution < 1.29 is 37.1 Å². The van der Waals surface area contributed by atoms with Gasteiger partial charge in [0.05, 0.1) is 27.4 Å². The van der Waals surface area contributed by atoms with Crippen LogP contribution in [0.4, 0.5) is 22.0 Å². The van der Waals surface area contributed by atoms with E-state index >= 15 is 0 Å². The number of hydrogen-bond donors (Lipinski definition) is 4. The van der Waals surface area contributed by atoms with E-state index in [1.807, 2.05) is 20.8 Å². The summed E-state index contributed by atoms with van der Waals surface area (Å²) < 4.78 is 38.7. The first-order valence-corrected chi connectivity index (χ1v) is 15.9. The molecule has 0 unspecified atom stereocenters. The zero-order valence-corrected chi connectivity index (χ0v) is 27.2. The number of nitrogens with one attached hydrogen (secondary N) is 3. The summed E-state index contributed by atoms with van der Waals surface area (Å²) in [7, 11) is -3.92. The summed E-state index contributed by atoms with van der Waals surface area (Å²) in [5.41, 5.74) is 1.39. The van der Waals surface area contributed by atoms with Crippen LogP contribution in [0.15, 0.2) is 53.2 Å². The number of quaternary nitrogens is 1. The van der Waals surface area contributed by atoms with Crippen molar-refractivity contribution in [1.29, 1.82) is 0 Å². The maximum absolute atomic E-state index is 12.7. The van der Waals surface area contributed by atoms with Crippen LogP contribution < -0.4 is 26.0 Å². The van der Waals surface area contributed by atoms with Crippen molar-refractivity contribution in [2.75, 3.05) is 22.2 Å². The molecule has 4 rings (SSSR count). The number of pyridine rings is 1. The molecule has 3 heterocycles. The van der Waals surface area contributed by atoms with E-state index in [9.17, 15) is 9.59 Å². The largest absolute Gasteiger partial charge is 0.748 e. The van der Waals surface area contributed by atoms with E-state index in [4.69, 9.17) is 22.2 Å². The quantitative estimate of drug-likeness (QED) is 0.290. The minimum absolute atomic E-state index is 0.0904. The lowest BCUT2D eigenvalue weighted by atomic mass is 9.81. The Bertz CT molecular complexity index is 1520. The highest BCUT2D eigenvalue weighted by Crippen LogP contribution is 2.27. The van der Waals surface area contributed by atoms with Crippen LogP contribution in [0.25, 0.3) is 0 Å². The lowest BCUT2D eigenvalue weighted by Gasteiger charge is -2.42. The van der Waals surface area contributed by atoms with Crippen LogP contribution in [-0.2, 0) is 15.5 Å². The molecule has 3 amide bonds. The van der Waals surface area contributed by atoms with Crippen LogP contribution in [0.2, 0.25) is 0 Å². The molecule has 5 N–H and O–H groups in total. The van der Waals surface area contributed by atoms with Crippen LogP contribution in [0.1, 0.15) is 77.6 Å². The van der Waals surface area contributed by atoms with Crippen molar-refractivity contribution >= 4 is 39.2 Å². The first kappa shape index (κ1) is 34.5. The monoisotopic (exact) mass is 630 g/mol. The molecule has 2 aromatic heterocycles. The smallest absolute Gasteiger partial charge is 0.324 e. The van der Waals surface area contributed by atoms with Gasteiger partial charge in [0.1, 0.15) is 23.3 Å². The Kier molecular flexibility index (Phi) is 10.4. The molecule has 0 radical (unpaired) electrons. The van der Waals surface area contributed by atoms with Gasteiger partial charge in [0.25, 0.3) is 5.91 Å². The number of urea groups is 1. The van der Waals surface area contributed by atoms with Gasteiger partial charge in [-0.25, -0.2) is 18.2 Å². The molecule has 3 aromatic rings. The molecular formula is C30H42N6O7S. The molecule has 44 heavy (non-hydrogen) atoms. The number of carbonyl (C=O) groups excluding carboxylic acids is 2. The predicted molar refractivity (Wildman–Crippen MR) is 166 cm³/mol. The van der Waals surface area contributed by atoms with Crippen LogP contribution in [-0.4, -0.2) is 58.5 Å². The highest BCUT2D eigenvalue weighted by Gasteiger charge is 2.42. The Balaban J connectivity index is 0.000000978. The molecule has 14 heteroatoms. The topological polar surface area (TPSA) is 192 Å². The SMILES string of the molecule is CC1(C)CC(Oc2ccc(C(=O)Nc3ccc(NC(=O)Nc4cc(C(C)(C)C)on4)cc3)nc2)CC(C)(C)[NH2+]1.CS(=O)(=O)[O-]. The van der Waals surface area contributed by atoms with Crippen LogP contribution >= 0.6 is 0 Å². The van der Waals surface area contributed by atoms with Crippen molar-refractivity contribution in [2.45, 2.75) is 83.9 Å². The average molecular weight is 631 g/mol. The van der Waals surface area contributed by atoms with Crippen LogP contribution in [0, 0.1) is 0 Å². The van der Waals surface area contributed by atoms with Gasteiger partial charge in [-0.3, -0.25) is 10.1 Å². The van der Waals surface area contributed by atoms with E-state index in [1.54, 1.807) is 48.7 Å². The maximum Gasteiger partial charge on any atom is 0.324 e. The van der Waals surface area contributed by atoms with Gasteiger partial charge in [-0.15, -0.1) is 0 Å². The lowest BCUT2D eigenvalue weighted by molar-refractivity contribution is -0.789. The van der Waals surface area contributed by atoms with Gasteiger partial charge >= 0.3 is 6.03 Å². The normalized spacial score (nSPS) is 16.2. The fourth-order valence-electron chi connectivity index (χ4n) is 5.08. The van der Waals surface area contributed by atoms with E-state index in [0.717, 1.165) is 12.8 Å². The van der Waals surface area contributed by atoms with Gasteiger partial charge in [-0.05, 0) is 64.1 Å². The third kappa shape index (κ3) is 11.6. The zero-order chi connectivity index (χ0) is 32.9. The summed E-state index contributed by atoms with van der Waals surface area (Å²) in [4.78, 5) is 29.3. The number of hydrogen-bond acceptors (Lipinski definition) is 9. The van der Waals surface area contributed by atoms with Gasteiger partial charge in [-0.2, -0.15) is 0 Å². The zero-order valence-electron chi connectivity index (χ0n) is 26.3. The molecule has 240 valence electrons. The van der Waals surface area contributed by atoms with Crippen molar-refractivity contribution in [3.05, 3.63) is 60.1 Å². The summed E-state index contributed by atoms with van der Waals surface area (Å²) in [6.07, 6.45) is 4.16. The Labute approximate surface area is 258 Å². The highest BCUT2D eigenvalue weighted by atomic mass is 32.2. The predicted octanol–water partition coefficient (Wildman–Crippen LogP) is 4.09. The summed E-state index contributed by atoms with van der Waals surface area (Å²) in [5.74, 6) is 1.31. The van der Waals surface area contributed by atoms with E-state index in [0.29, 0.717) is 35.0 Å². The Morgan fingerprint density at radius 1 is 0.977 bits per heavy atom. The van der Waals surface area contributed by atoms with Crippen molar-refractivity contribution in [1.82, 2.24) is 10.1 Å². The van der Waals surface area contributed by atoms with E-state index in [1.165, 1.54) is 0 Å². The molecular weight excluding hydrogens is 588 g/mol. The number of amides is 3. The van der Waals surface area contributed by atoms with Gasteiger partial charge < -0.3 is 29.8 Å². The third-order valence-electron chi connectivity index (χ3n) is 6.45. The van der Waals surface area contributed by atoms with Gasteiger partial charge in [0.15, 0.2) is 5.82 Å². The first-order valence-electron chi connectivity index (χ1n) is 14.0. The number of ether oxygens (including phenoxy) is 1. The highest BCUT2D eigenvalue weighted by molar-refractivity contribution is 7.84. The fraction of sp³-hybridized carbons (Fsp3) is 0.467. The number of nitrogens with zero attached hydrogens (tertiary/aromatic N) is 2. The Morgan fingerprint density at radius 3 is 2.00 bits per heavy atom. The van der Waals surface area contributed by atoms with Gasteiger partial charge in [0, 0.05) is 42.0 Å². The molecule has 0 aliphatic carbocycles. The number of benzene rings is 1. The van der Waals surface area contributed by atoms with Crippen molar-refractivity contribution in [3.63, 3.8) is 0 Å². The van der Waals surface area contributed by atoms with Crippen LogP contribution in [0.3, 0.4) is 0 Å². The van der Waals surface area contributed by atoms with Gasteiger partial charge in [-0.1, -0.05) is 25.9 Å². The second kappa shape index (κ2) is 13.3. The van der Waals surface area contributed by atoms with Crippen molar-refractivity contribution in [2.24, 2.45) is 0 Å². The van der Waals surface area contributed by atoms with Crippen molar-refractivity contribution in [3.8, 4) is 5.75 Å². The molecule has 1 fully saturated rings. The Morgan fingerprint density at radius 2 is 1.52 bits per heavy atom. The standard InChI is InChI=1S/C29H38N6O4.CH4O3S/c1-27(2,3)23-14-24(34-39-23)33-26(37)32-19-10-8-18(9-11-19)31-25(36)22-13-12-20(17-30-22)38-21-15-28(4,5)35-29(6,7)16-21;1-5(2,3)4/h8-14,17,21,35H,15-16H2,1-7H3,(H,31,36)(H2,32,33,34,37);1H3,(H,2,3,4). The van der Waals surface area contributed by atoms with E-state index in [2.05, 4.69) is 59.1 Å². The Hall–Kier alpha value is -4.01. The van der Waals surface area contributed by atoms with Crippen LogP contribution in [0.5, 0.6) is 5.75 Å². The molecule has 1 aliphatic rings. The number of carbonyl (C=O) groups is 2. The molecule has 13 nitrogen and oxygen atoms in total. The summed E-state index contributed by atoms with van der Waals surface area (Å²) in [6.45, 7) is 14.9. The van der Waals surface area contributed by atoms with E-state index in [-0.39, 0.29) is 34.2 Å². The second-order valence-electron chi connectivity index (χ2n) is 13.3. The number of piperidine rings is 1. The molecule has 0 atom stereocenters. The van der Waals surface area contributed by atoms with E-state index < -0.39 is 16.1 Å². The molecule has 1 saturated heterocycles. The molecule has 0 bridgehead atoms. The maximum atomic E-state index is 12.7. The summed E-state index contributed by atoms with van der Waals surface area (Å²) >= 11 is 0. The molecule has 1 aliphatic heterocycles. The average Bonchev–Trinajstić information content (AvgIpc) is 3.32. The molecule has 0 spiro atoms. The number of rotatable bonds is 6. The minimum atomic E-state index is -3.92. The third-order valence-corrected chi connectivity index (χ3v) is 6.45. The second-order valence-corrected chi connectivity index (χ2v) is 14.7. The summed E-state index contributed by atoms with van der Waals surface area (Å²) in [6, 6.07) is 11.5. The minimum Gasteiger partial charge on any atom is -0.748 e. The first-order chi connectivity index (χ1) is 20.2. The number of aromatic nitrogens is 2. The number of nitrogens with two attached hydrogens (primary N) is 1. The summed E-state index contributed by atoms with van der Waals surface area (Å²) in [5, 5.41) is 14.5. The lowest BCUT2D eigenvalue weighted by Crippen LogP contribution is -3.06.